The summed E-state index contributed by atoms with van der Waals surface area (Å²) in [6, 6.07) is 17.6. The van der Waals surface area contributed by atoms with Gasteiger partial charge in [-0.3, -0.25) is 14.5 Å². The molecule has 2 fully saturated rings. The Morgan fingerprint density at radius 1 is 1.05 bits per heavy atom. The molecule has 0 radical (unpaired) electrons. The minimum atomic E-state index is -0.203. The Balaban J connectivity index is 1.35. The summed E-state index contributed by atoms with van der Waals surface area (Å²) < 4.78 is 10.8. The lowest BCUT2D eigenvalue weighted by atomic mass is 9.84. The predicted molar refractivity (Wildman–Crippen MR) is 141 cm³/mol. The van der Waals surface area contributed by atoms with Crippen LogP contribution in [0.3, 0.4) is 0 Å². The molecular weight excluding hydrogens is 468 g/mol. The summed E-state index contributed by atoms with van der Waals surface area (Å²) in [5.74, 6) is 0.773. The highest BCUT2D eigenvalue weighted by molar-refractivity contribution is 6.03. The van der Waals surface area contributed by atoms with Crippen LogP contribution >= 0.6 is 0 Å². The lowest BCUT2D eigenvalue weighted by Gasteiger charge is -2.34. The van der Waals surface area contributed by atoms with E-state index in [2.05, 4.69) is 4.90 Å². The van der Waals surface area contributed by atoms with Crippen LogP contribution in [0.2, 0.25) is 0 Å². The van der Waals surface area contributed by atoms with Gasteiger partial charge in [0.2, 0.25) is 5.91 Å². The molecular formula is C29H36N4O4. The van der Waals surface area contributed by atoms with Crippen LogP contribution in [0.1, 0.15) is 42.9 Å². The number of ether oxygens (including phenoxy) is 2. The zero-order valence-electron chi connectivity index (χ0n) is 21.6. The lowest BCUT2D eigenvalue weighted by molar-refractivity contribution is -0.145. The van der Waals surface area contributed by atoms with Crippen molar-refractivity contribution in [3.8, 4) is 5.75 Å². The zero-order chi connectivity index (χ0) is 25.6. The molecule has 8 heteroatoms. The van der Waals surface area contributed by atoms with Crippen molar-refractivity contribution >= 4 is 17.5 Å². The summed E-state index contributed by atoms with van der Waals surface area (Å²) in [5, 5.41) is 6.41. The summed E-state index contributed by atoms with van der Waals surface area (Å²) in [5.41, 5.74) is 2.86. The molecule has 1 saturated heterocycles. The van der Waals surface area contributed by atoms with Gasteiger partial charge in [-0.15, -0.1) is 0 Å². The van der Waals surface area contributed by atoms with Crippen LogP contribution in [-0.4, -0.2) is 85.4 Å². The molecule has 0 bridgehead atoms. The van der Waals surface area contributed by atoms with Crippen molar-refractivity contribution in [2.24, 2.45) is 11.0 Å². The average Bonchev–Trinajstić information content (AvgIpc) is 3.37. The number of carbonyl (C=O) groups excluding carboxylic acids is 2. The standard InChI is InChI=1S/C29H36N4O4/c1-36-25-12-10-22(11-13-25)26-20-27(23-6-3-2-4-7-23)33(30-26)28(34)21-32(29(35)24-8-5-9-24)15-14-31-16-18-37-19-17-31/h2-4,6-7,10-13,24,27H,5,8-9,14-21H2,1H3. The number of hydrazone groups is 1. The molecule has 2 amide bonds. The first kappa shape index (κ1) is 25.4. The molecule has 0 N–H and O–H groups in total. The number of methoxy groups -OCH3 is 1. The molecule has 0 spiro atoms. The third-order valence-electron chi connectivity index (χ3n) is 7.66. The van der Waals surface area contributed by atoms with Crippen molar-refractivity contribution in [2.45, 2.75) is 31.7 Å². The van der Waals surface area contributed by atoms with E-state index in [-0.39, 0.29) is 30.3 Å². The maximum Gasteiger partial charge on any atom is 0.262 e. The number of hydrogen-bond donors (Lipinski definition) is 0. The van der Waals surface area contributed by atoms with Gasteiger partial charge in [0, 0.05) is 38.5 Å². The molecule has 3 aliphatic rings. The van der Waals surface area contributed by atoms with Crippen molar-refractivity contribution in [2.75, 3.05) is 53.0 Å². The number of amides is 2. The fourth-order valence-corrected chi connectivity index (χ4v) is 5.14. The minimum Gasteiger partial charge on any atom is -0.497 e. The Labute approximate surface area is 218 Å². The molecule has 37 heavy (non-hydrogen) atoms. The first-order valence-electron chi connectivity index (χ1n) is 13.3. The Morgan fingerprint density at radius 3 is 2.43 bits per heavy atom. The van der Waals surface area contributed by atoms with Crippen LogP contribution in [0.15, 0.2) is 59.7 Å². The lowest BCUT2D eigenvalue weighted by Crippen LogP contribution is -2.49. The van der Waals surface area contributed by atoms with Crippen LogP contribution in [-0.2, 0) is 14.3 Å². The number of nitrogens with zero attached hydrogens (tertiary/aromatic N) is 4. The van der Waals surface area contributed by atoms with Gasteiger partial charge in [0.05, 0.1) is 32.1 Å². The minimum absolute atomic E-state index is 0.0411. The van der Waals surface area contributed by atoms with Gasteiger partial charge in [-0.1, -0.05) is 36.8 Å². The van der Waals surface area contributed by atoms with E-state index in [0.29, 0.717) is 26.2 Å². The molecule has 2 aromatic carbocycles. The van der Waals surface area contributed by atoms with E-state index in [1.165, 1.54) is 0 Å². The van der Waals surface area contributed by atoms with Crippen LogP contribution in [0.5, 0.6) is 5.75 Å². The van der Waals surface area contributed by atoms with Crippen molar-refractivity contribution < 1.29 is 19.1 Å². The summed E-state index contributed by atoms with van der Waals surface area (Å²) in [6.07, 6.45) is 3.53. The molecule has 5 rings (SSSR count). The summed E-state index contributed by atoms with van der Waals surface area (Å²) in [6.45, 7) is 4.48. The smallest absolute Gasteiger partial charge is 0.262 e. The van der Waals surface area contributed by atoms with E-state index in [0.717, 1.165) is 61.5 Å². The molecule has 2 aliphatic heterocycles. The number of rotatable bonds is 9. The Morgan fingerprint density at radius 2 is 1.78 bits per heavy atom. The third-order valence-corrected chi connectivity index (χ3v) is 7.66. The monoisotopic (exact) mass is 504 g/mol. The summed E-state index contributed by atoms with van der Waals surface area (Å²) >= 11 is 0. The first-order valence-corrected chi connectivity index (χ1v) is 13.3. The molecule has 2 aromatic rings. The van der Waals surface area contributed by atoms with E-state index < -0.39 is 0 Å². The topological polar surface area (TPSA) is 74.7 Å². The van der Waals surface area contributed by atoms with E-state index in [4.69, 9.17) is 14.6 Å². The fourth-order valence-electron chi connectivity index (χ4n) is 5.14. The number of benzene rings is 2. The third kappa shape index (κ3) is 6.02. The molecule has 1 atom stereocenters. The largest absolute Gasteiger partial charge is 0.497 e. The highest BCUT2D eigenvalue weighted by Gasteiger charge is 2.36. The van der Waals surface area contributed by atoms with Crippen LogP contribution < -0.4 is 4.74 Å². The first-order chi connectivity index (χ1) is 18.1. The van der Waals surface area contributed by atoms with Crippen LogP contribution in [0.25, 0.3) is 0 Å². The van der Waals surface area contributed by atoms with Gasteiger partial charge in [-0.05, 0) is 48.2 Å². The SMILES string of the molecule is COc1ccc(C2=NN(C(=O)CN(CCN3CCOCC3)C(=O)C3CCC3)C(c3ccccc3)C2)cc1. The second-order valence-corrected chi connectivity index (χ2v) is 9.99. The van der Waals surface area contributed by atoms with Gasteiger partial charge in [0.15, 0.2) is 0 Å². The van der Waals surface area contributed by atoms with Crippen molar-refractivity contribution in [1.29, 1.82) is 0 Å². The van der Waals surface area contributed by atoms with Gasteiger partial charge in [0.25, 0.3) is 5.91 Å². The number of carbonyl (C=O) groups is 2. The normalized spacial score (nSPS) is 20.3. The quantitative estimate of drug-likeness (QED) is 0.524. The maximum atomic E-state index is 13.8. The molecule has 8 nitrogen and oxygen atoms in total. The van der Waals surface area contributed by atoms with E-state index in [9.17, 15) is 9.59 Å². The highest BCUT2D eigenvalue weighted by atomic mass is 16.5. The van der Waals surface area contributed by atoms with Crippen molar-refractivity contribution in [3.05, 3.63) is 65.7 Å². The summed E-state index contributed by atoms with van der Waals surface area (Å²) in [4.78, 5) is 31.2. The molecule has 1 unspecified atom stereocenters. The second-order valence-electron chi connectivity index (χ2n) is 9.99. The van der Waals surface area contributed by atoms with E-state index in [1.54, 1.807) is 17.0 Å². The molecule has 0 aromatic heterocycles. The van der Waals surface area contributed by atoms with Gasteiger partial charge in [-0.2, -0.15) is 5.10 Å². The fraction of sp³-hybridized carbons (Fsp3) is 0.483. The van der Waals surface area contributed by atoms with Gasteiger partial charge in [0.1, 0.15) is 12.3 Å². The number of hydrogen-bond acceptors (Lipinski definition) is 6. The zero-order valence-corrected chi connectivity index (χ0v) is 21.6. The second kappa shape index (κ2) is 11.9. The van der Waals surface area contributed by atoms with Crippen LogP contribution in [0, 0.1) is 5.92 Å². The number of morpholine rings is 1. The maximum absolute atomic E-state index is 13.8. The summed E-state index contributed by atoms with van der Waals surface area (Å²) in [7, 11) is 1.64. The van der Waals surface area contributed by atoms with E-state index in [1.807, 2.05) is 54.6 Å². The molecule has 196 valence electrons. The Kier molecular flexibility index (Phi) is 8.16. The molecule has 1 saturated carbocycles. The Hall–Kier alpha value is -3.23. The van der Waals surface area contributed by atoms with Crippen molar-refractivity contribution in [3.63, 3.8) is 0 Å². The average molecular weight is 505 g/mol. The Bertz CT molecular complexity index is 1090. The van der Waals surface area contributed by atoms with Crippen LogP contribution in [0.4, 0.5) is 0 Å². The molecule has 1 aliphatic carbocycles. The van der Waals surface area contributed by atoms with E-state index >= 15 is 0 Å². The predicted octanol–water partition coefficient (Wildman–Crippen LogP) is 3.33. The highest BCUT2D eigenvalue weighted by Crippen LogP contribution is 2.34. The van der Waals surface area contributed by atoms with Gasteiger partial charge in [-0.25, -0.2) is 5.01 Å². The van der Waals surface area contributed by atoms with Gasteiger partial charge >= 0.3 is 0 Å². The van der Waals surface area contributed by atoms with Gasteiger partial charge < -0.3 is 14.4 Å². The van der Waals surface area contributed by atoms with Crippen molar-refractivity contribution in [1.82, 2.24) is 14.8 Å². The molecule has 2 heterocycles.